The molecular weight excluding hydrogens is 158 g/mol. The van der Waals surface area contributed by atoms with Gasteiger partial charge in [0.05, 0.1) is 0 Å². The van der Waals surface area contributed by atoms with Gasteiger partial charge in [-0.05, 0) is 24.0 Å². The van der Waals surface area contributed by atoms with Crippen molar-refractivity contribution in [3.8, 4) is 0 Å². The van der Waals surface area contributed by atoms with E-state index in [4.69, 9.17) is 0 Å². The molecule has 0 unspecified atom stereocenters. The van der Waals surface area contributed by atoms with E-state index in [1.54, 1.807) is 0 Å². The van der Waals surface area contributed by atoms with Crippen molar-refractivity contribution >= 4 is 6.21 Å². The van der Waals surface area contributed by atoms with Crippen LogP contribution in [0.5, 0.6) is 0 Å². The molecule has 0 saturated carbocycles. The monoisotopic (exact) mass is 175 g/mol. The van der Waals surface area contributed by atoms with Crippen LogP contribution in [-0.2, 0) is 0 Å². The van der Waals surface area contributed by atoms with Crippen molar-refractivity contribution in [1.82, 2.24) is 0 Å². The summed E-state index contributed by atoms with van der Waals surface area (Å²) < 4.78 is 0. The molecule has 0 heterocycles. The summed E-state index contributed by atoms with van der Waals surface area (Å²) in [6, 6.07) is 8.58. The molecule has 1 heteroatoms. The second-order valence-corrected chi connectivity index (χ2v) is 3.45. The van der Waals surface area contributed by atoms with Crippen molar-refractivity contribution in [3.63, 3.8) is 0 Å². The van der Waals surface area contributed by atoms with E-state index in [1.165, 1.54) is 11.1 Å². The van der Waals surface area contributed by atoms with Crippen LogP contribution in [0.1, 0.15) is 37.8 Å². The molecule has 1 aromatic carbocycles. The lowest BCUT2D eigenvalue weighted by Crippen LogP contribution is -1.88. The maximum Gasteiger partial charge on any atom is 0.0361 e. The van der Waals surface area contributed by atoms with Crippen LogP contribution in [0, 0.1) is 0 Å². The van der Waals surface area contributed by atoms with Crippen LogP contribution in [0.15, 0.2) is 29.3 Å². The normalized spacial score (nSPS) is 11.4. The molecular formula is C12H17N. The Morgan fingerprint density at radius 2 is 1.85 bits per heavy atom. The summed E-state index contributed by atoms with van der Waals surface area (Å²) in [5.41, 5.74) is 2.57. The first-order valence-corrected chi connectivity index (χ1v) is 4.83. The fourth-order valence-electron chi connectivity index (χ4n) is 1.16. The number of rotatable bonds is 3. The third-order valence-electron chi connectivity index (χ3n) is 2.03. The van der Waals surface area contributed by atoms with E-state index in [-0.39, 0.29) is 0 Å². The van der Waals surface area contributed by atoms with Crippen LogP contribution in [-0.4, -0.2) is 12.8 Å². The van der Waals surface area contributed by atoms with Gasteiger partial charge in [-0.3, -0.25) is 4.99 Å². The molecule has 70 valence electrons. The second kappa shape index (κ2) is 4.80. The molecule has 1 nitrogen and oxygen atoms in total. The van der Waals surface area contributed by atoms with E-state index in [2.05, 4.69) is 43.1 Å². The molecule has 0 aliphatic carbocycles. The lowest BCUT2D eigenvalue weighted by molar-refractivity contribution is 0.866. The lowest BCUT2D eigenvalue weighted by atomic mass is 10.0. The largest absolute Gasteiger partial charge is 0.293 e. The molecule has 0 aliphatic heterocycles. The zero-order chi connectivity index (χ0) is 9.68. The predicted molar refractivity (Wildman–Crippen MR) is 58.7 cm³/mol. The summed E-state index contributed by atoms with van der Waals surface area (Å²) >= 11 is 0. The Hall–Kier alpha value is -1.11. The third kappa shape index (κ3) is 3.02. The average molecular weight is 175 g/mol. The first-order valence-electron chi connectivity index (χ1n) is 4.83. The Bertz CT molecular complexity index is 270. The van der Waals surface area contributed by atoms with Gasteiger partial charge < -0.3 is 0 Å². The molecule has 1 aromatic rings. The number of hydrogen-bond donors (Lipinski definition) is 0. The smallest absolute Gasteiger partial charge is 0.0361 e. The van der Waals surface area contributed by atoms with Gasteiger partial charge in [-0.25, -0.2) is 0 Å². The van der Waals surface area contributed by atoms with Gasteiger partial charge in [0, 0.05) is 12.8 Å². The summed E-state index contributed by atoms with van der Waals surface area (Å²) in [6.45, 7) is 7.30. The summed E-state index contributed by atoms with van der Waals surface area (Å²) in [4.78, 5) is 4.19. The van der Waals surface area contributed by atoms with Crippen molar-refractivity contribution < 1.29 is 0 Å². The molecule has 0 bridgehead atoms. The highest BCUT2D eigenvalue weighted by atomic mass is 14.7. The topological polar surface area (TPSA) is 12.4 Å². The van der Waals surface area contributed by atoms with Crippen LogP contribution in [0.25, 0.3) is 0 Å². The summed E-state index contributed by atoms with van der Waals surface area (Å²) in [5.74, 6) is 0.608. The minimum atomic E-state index is 0.608. The van der Waals surface area contributed by atoms with Gasteiger partial charge in [0.2, 0.25) is 0 Å². The average Bonchev–Trinajstić information content (AvgIpc) is 2.15. The van der Waals surface area contributed by atoms with Crippen LogP contribution in [0.3, 0.4) is 0 Å². The number of benzene rings is 1. The van der Waals surface area contributed by atoms with Gasteiger partial charge in [0.1, 0.15) is 0 Å². The maximum atomic E-state index is 4.19. The molecule has 0 atom stereocenters. The van der Waals surface area contributed by atoms with E-state index in [0.717, 1.165) is 6.54 Å². The fourth-order valence-corrected chi connectivity index (χ4v) is 1.16. The van der Waals surface area contributed by atoms with Gasteiger partial charge in [0.25, 0.3) is 0 Å². The Morgan fingerprint density at radius 1 is 1.23 bits per heavy atom. The molecule has 13 heavy (non-hydrogen) atoms. The van der Waals surface area contributed by atoms with Crippen molar-refractivity contribution in [1.29, 1.82) is 0 Å². The lowest BCUT2D eigenvalue weighted by Gasteiger charge is -2.04. The van der Waals surface area contributed by atoms with E-state index >= 15 is 0 Å². The van der Waals surface area contributed by atoms with Crippen LogP contribution in [0.4, 0.5) is 0 Å². The summed E-state index contributed by atoms with van der Waals surface area (Å²) in [6.07, 6.45) is 1.92. The zero-order valence-corrected chi connectivity index (χ0v) is 8.62. The van der Waals surface area contributed by atoms with E-state index < -0.39 is 0 Å². The molecule has 0 aliphatic rings. The molecule has 0 amide bonds. The highest BCUT2D eigenvalue weighted by Crippen LogP contribution is 2.13. The fraction of sp³-hybridized carbons (Fsp3) is 0.417. The molecule has 0 fully saturated rings. The van der Waals surface area contributed by atoms with Crippen molar-refractivity contribution in [3.05, 3.63) is 35.4 Å². The minimum Gasteiger partial charge on any atom is -0.293 e. The Balaban J connectivity index is 2.75. The number of aliphatic imine (C=N–C) groups is 1. The van der Waals surface area contributed by atoms with Gasteiger partial charge in [-0.15, -0.1) is 0 Å². The van der Waals surface area contributed by atoms with Crippen molar-refractivity contribution in [2.75, 3.05) is 6.54 Å². The molecule has 0 radical (unpaired) electrons. The SMILES string of the molecule is CC/N=C/c1ccc(C(C)C)cc1. The Labute approximate surface area is 80.5 Å². The third-order valence-corrected chi connectivity index (χ3v) is 2.03. The Morgan fingerprint density at radius 3 is 2.31 bits per heavy atom. The summed E-state index contributed by atoms with van der Waals surface area (Å²) in [5, 5.41) is 0. The quantitative estimate of drug-likeness (QED) is 0.625. The van der Waals surface area contributed by atoms with Gasteiger partial charge in [0.15, 0.2) is 0 Å². The summed E-state index contributed by atoms with van der Waals surface area (Å²) in [7, 11) is 0. The first kappa shape index (κ1) is 9.97. The standard InChI is InChI=1S/C12H17N/c1-4-13-9-11-5-7-12(8-6-11)10(2)3/h5-10H,4H2,1-3H3/b13-9+. The van der Waals surface area contributed by atoms with Crippen molar-refractivity contribution in [2.24, 2.45) is 4.99 Å². The highest BCUT2D eigenvalue weighted by molar-refractivity contribution is 5.79. The number of nitrogens with zero attached hydrogens (tertiary/aromatic N) is 1. The van der Waals surface area contributed by atoms with Gasteiger partial charge >= 0.3 is 0 Å². The zero-order valence-electron chi connectivity index (χ0n) is 8.62. The molecule has 0 saturated heterocycles. The number of hydrogen-bond acceptors (Lipinski definition) is 1. The molecule has 0 aromatic heterocycles. The first-order chi connectivity index (χ1) is 6.24. The predicted octanol–water partition coefficient (Wildman–Crippen LogP) is 3.25. The van der Waals surface area contributed by atoms with Crippen LogP contribution in [0.2, 0.25) is 0 Å². The van der Waals surface area contributed by atoms with E-state index in [1.807, 2.05) is 13.1 Å². The molecule has 0 N–H and O–H groups in total. The molecule has 0 spiro atoms. The highest BCUT2D eigenvalue weighted by Gasteiger charge is 1.96. The van der Waals surface area contributed by atoms with Crippen LogP contribution < -0.4 is 0 Å². The van der Waals surface area contributed by atoms with E-state index in [9.17, 15) is 0 Å². The van der Waals surface area contributed by atoms with Gasteiger partial charge in [-0.1, -0.05) is 38.1 Å². The minimum absolute atomic E-state index is 0.608. The van der Waals surface area contributed by atoms with Crippen LogP contribution >= 0.6 is 0 Å². The maximum absolute atomic E-state index is 4.19. The van der Waals surface area contributed by atoms with E-state index in [0.29, 0.717) is 5.92 Å². The Kier molecular flexibility index (Phi) is 3.69. The second-order valence-electron chi connectivity index (χ2n) is 3.45. The van der Waals surface area contributed by atoms with Gasteiger partial charge in [-0.2, -0.15) is 0 Å². The van der Waals surface area contributed by atoms with Crippen molar-refractivity contribution in [2.45, 2.75) is 26.7 Å². The molecule has 1 rings (SSSR count).